The zero-order chi connectivity index (χ0) is 16.8. The number of piperidine rings is 1. The molecule has 0 aliphatic carbocycles. The van der Waals surface area contributed by atoms with E-state index in [0.29, 0.717) is 29.6 Å². The molecule has 0 bridgehead atoms. The van der Waals surface area contributed by atoms with Crippen molar-refractivity contribution in [2.24, 2.45) is 7.05 Å². The van der Waals surface area contributed by atoms with Gasteiger partial charge in [-0.1, -0.05) is 0 Å². The number of aliphatic hydroxyl groups excluding tert-OH is 1. The molecule has 23 heavy (non-hydrogen) atoms. The van der Waals surface area contributed by atoms with Gasteiger partial charge in [0, 0.05) is 31.0 Å². The van der Waals surface area contributed by atoms with Crippen LogP contribution >= 0.6 is 0 Å². The Kier molecular flexibility index (Phi) is 3.83. The summed E-state index contributed by atoms with van der Waals surface area (Å²) in [5.41, 5.74) is 0.162. The maximum atomic E-state index is 12.8. The predicted octanol–water partition coefficient (Wildman–Crippen LogP) is 2.79. The summed E-state index contributed by atoms with van der Waals surface area (Å²) in [6.45, 7) is 0.805. The van der Waals surface area contributed by atoms with Crippen LogP contribution in [0, 0.1) is 0 Å². The van der Waals surface area contributed by atoms with Gasteiger partial charge in [0.25, 0.3) is 5.91 Å². The molecule has 1 atom stereocenters. The largest absolute Gasteiger partial charge is 0.416 e. The van der Waals surface area contributed by atoms with Crippen molar-refractivity contribution in [1.29, 1.82) is 0 Å². The molecule has 1 amide bonds. The van der Waals surface area contributed by atoms with Crippen LogP contribution in [0.15, 0.2) is 24.3 Å². The summed E-state index contributed by atoms with van der Waals surface area (Å²) in [5.74, 6) is -0.268. The molecule has 2 aromatic rings. The van der Waals surface area contributed by atoms with Crippen LogP contribution in [-0.4, -0.2) is 39.7 Å². The number of carbonyl (C=O) groups excluding carboxylic acids is 1. The number of hydrogen-bond acceptors (Lipinski definition) is 2. The number of benzene rings is 1. The van der Waals surface area contributed by atoms with E-state index >= 15 is 0 Å². The average molecular weight is 326 g/mol. The second kappa shape index (κ2) is 5.56. The van der Waals surface area contributed by atoms with Crippen molar-refractivity contribution < 1.29 is 23.1 Å². The number of β-amino-alcohol motifs (C(OH)–C–C–N with tert-alkyl or cyclic N) is 1. The van der Waals surface area contributed by atoms with Crippen molar-refractivity contribution in [1.82, 2.24) is 9.47 Å². The minimum absolute atomic E-state index is 0.258. The van der Waals surface area contributed by atoms with Crippen LogP contribution in [0.1, 0.15) is 28.9 Å². The van der Waals surface area contributed by atoms with Gasteiger partial charge in [-0.05, 0) is 37.1 Å². The maximum Gasteiger partial charge on any atom is 0.416 e. The fourth-order valence-corrected chi connectivity index (χ4v) is 3.03. The van der Waals surface area contributed by atoms with Gasteiger partial charge in [0.15, 0.2) is 0 Å². The Morgan fingerprint density at radius 3 is 2.70 bits per heavy atom. The number of likely N-dealkylation sites (tertiary alicyclic amines) is 1. The SMILES string of the molecule is Cn1c(C(=O)N2CCC[C@@H](O)C2)cc2cc(C(F)(F)F)ccc21. The summed E-state index contributed by atoms with van der Waals surface area (Å²) in [6, 6.07) is 4.92. The van der Waals surface area contributed by atoms with Crippen LogP contribution in [-0.2, 0) is 13.2 Å². The Morgan fingerprint density at radius 2 is 2.04 bits per heavy atom. The number of nitrogens with zero attached hydrogens (tertiary/aromatic N) is 2. The first kappa shape index (κ1) is 15.9. The van der Waals surface area contributed by atoms with Crippen LogP contribution in [0.3, 0.4) is 0 Å². The number of aryl methyl sites for hydroxylation is 1. The Labute approximate surface area is 131 Å². The van der Waals surface area contributed by atoms with Crippen molar-refractivity contribution >= 4 is 16.8 Å². The monoisotopic (exact) mass is 326 g/mol. The molecule has 0 unspecified atom stereocenters. The standard InChI is InChI=1S/C16H17F3N2O2/c1-20-13-5-4-11(16(17,18)19)7-10(13)8-14(20)15(23)21-6-2-3-12(22)9-21/h4-5,7-8,12,22H,2-3,6,9H2,1H3/t12-/m1/s1. The van der Waals surface area contributed by atoms with E-state index < -0.39 is 17.8 Å². The summed E-state index contributed by atoms with van der Waals surface area (Å²) >= 11 is 0. The van der Waals surface area contributed by atoms with Gasteiger partial charge in [0.2, 0.25) is 0 Å². The quantitative estimate of drug-likeness (QED) is 0.876. The molecule has 0 spiro atoms. The van der Waals surface area contributed by atoms with Crippen molar-refractivity contribution in [3.05, 3.63) is 35.5 Å². The summed E-state index contributed by atoms with van der Waals surface area (Å²) in [7, 11) is 1.66. The highest BCUT2D eigenvalue weighted by atomic mass is 19.4. The molecule has 0 saturated carbocycles. The van der Waals surface area contributed by atoms with Crippen molar-refractivity contribution in [2.75, 3.05) is 13.1 Å². The third kappa shape index (κ3) is 2.93. The third-order valence-corrected chi connectivity index (χ3v) is 4.27. The van der Waals surface area contributed by atoms with Crippen LogP contribution in [0.2, 0.25) is 0 Å². The van der Waals surface area contributed by atoms with E-state index in [-0.39, 0.29) is 12.5 Å². The second-order valence-corrected chi connectivity index (χ2v) is 5.91. The van der Waals surface area contributed by atoms with Gasteiger partial charge < -0.3 is 14.6 Å². The van der Waals surface area contributed by atoms with E-state index in [9.17, 15) is 23.1 Å². The Hall–Kier alpha value is -2.02. The van der Waals surface area contributed by atoms with Gasteiger partial charge in [-0.2, -0.15) is 13.2 Å². The zero-order valence-corrected chi connectivity index (χ0v) is 12.6. The second-order valence-electron chi connectivity index (χ2n) is 5.91. The van der Waals surface area contributed by atoms with Gasteiger partial charge in [0.1, 0.15) is 5.69 Å². The molecule has 2 heterocycles. The van der Waals surface area contributed by atoms with E-state index in [4.69, 9.17) is 0 Å². The molecule has 1 N–H and O–H groups in total. The molecule has 0 radical (unpaired) electrons. The zero-order valence-electron chi connectivity index (χ0n) is 12.6. The predicted molar refractivity (Wildman–Crippen MR) is 79.1 cm³/mol. The summed E-state index contributed by atoms with van der Waals surface area (Å²) in [5, 5.41) is 10.1. The van der Waals surface area contributed by atoms with Crippen LogP contribution in [0.25, 0.3) is 10.9 Å². The molecule has 7 heteroatoms. The number of aliphatic hydroxyl groups is 1. The number of rotatable bonds is 1. The Morgan fingerprint density at radius 1 is 1.30 bits per heavy atom. The van der Waals surface area contributed by atoms with E-state index in [1.165, 1.54) is 12.1 Å². The molecular formula is C16H17F3N2O2. The van der Waals surface area contributed by atoms with Gasteiger partial charge >= 0.3 is 6.18 Å². The van der Waals surface area contributed by atoms with Crippen molar-refractivity contribution in [3.63, 3.8) is 0 Å². The normalized spacial score (nSPS) is 19.3. The summed E-state index contributed by atoms with van der Waals surface area (Å²) in [4.78, 5) is 14.1. The van der Waals surface area contributed by atoms with E-state index in [1.54, 1.807) is 16.5 Å². The molecule has 124 valence electrons. The lowest BCUT2D eigenvalue weighted by molar-refractivity contribution is -0.137. The molecule has 1 saturated heterocycles. The third-order valence-electron chi connectivity index (χ3n) is 4.27. The number of halogens is 3. The van der Waals surface area contributed by atoms with E-state index in [2.05, 4.69) is 0 Å². The first-order valence-electron chi connectivity index (χ1n) is 7.41. The Bertz CT molecular complexity index is 752. The molecule has 1 aliphatic heterocycles. The number of carbonyl (C=O) groups is 1. The molecule has 1 fully saturated rings. The highest BCUT2D eigenvalue weighted by molar-refractivity contribution is 5.99. The lowest BCUT2D eigenvalue weighted by atomic mass is 10.1. The topological polar surface area (TPSA) is 45.5 Å². The lowest BCUT2D eigenvalue weighted by Crippen LogP contribution is -2.42. The summed E-state index contributed by atoms with van der Waals surface area (Å²) < 4.78 is 40.0. The number of aromatic nitrogens is 1. The number of fused-ring (bicyclic) bond motifs is 1. The van der Waals surface area contributed by atoms with Crippen LogP contribution in [0.5, 0.6) is 0 Å². The van der Waals surface area contributed by atoms with Crippen molar-refractivity contribution in [2.45, 2.75) is 25.1 Å². The number of hydrogen-bond donors (Lipinski definition) is 1. The first-order valence-corrected chi connectivity index (χ1v) is 7.41. The first-order chi connectivity index (χ1) is 10.8. The van der Waals surface area contributed by atoms with Crippen molar-refractivity contribution in [3.8, 4) is 0 Å². The van der Waals surface area contributed by atoms with Gasteiger partial charge in [-0.15, -0.1) is 0 Å². The van der Waals surface area contributed by atoms with Crippen LogP contribution < -0.4 is 0 Å². The van der Waals surface area contributed by atoms with E-state index in [0.717, 1.165) is 18.6 Å². The van der Waals surface area contributed by atoms with Gasteiger partial charge in [-0.25, -0.2) is 0 Å². The molecule has 3 rings (SSSR count). The fourth-order valence-electron chi connectivity index (χ4n) is 3.03. The summed E-state index contributed by atoms with van der Waals surface area (Å²) in [6.07, 6.45) is -3.58. The van der Waals surface area contributed by atoms with E-state index in [1.807, 2.05) is 0 Å². The molecule has 4 nitrogen and oxygen atoms in total. The van der Waals surface area contributed by atoms with Gasteiger partial charge in [0.05, 0.1) is 11.7 Å². The molecule has 1 aromatic heterocycles. The fraction of sp³-hybridized carbons (Fsp3) is 0.438. The maximum absolute atomic E-state index is 12.8. The highest BCUT2D eigenvalue weighted by Gasteiger charge is 2.31. The van der Waals surface area contributed by atoms with Gasteiger partial charge in [-0.3, -0.25) is 4.79 Å². The van der Waals surface area contributed by atoms with Crippen LogP contribution in [0.4, 0.5) is 13.2 Å². The average Bonchev–Trinajstić information content (AvgIpc) is 2.82. The lowest BCUT2D eigenvalue weighted by Gasteiger charge is -2.30. The Balaban J connectivity index is 1.98. The highest BCUT2D eigenvalue weighted by Crippen LogP contribution is 2.32. The smallest absolute Gasteiger partial charge is 0.391 e. The molecule has 1 aromatic carbocycles. The number of amides is 1. The molecule has 1 aliphatic rings. The number of alkyl halides is 3. The molecular weight excluding hydrogens is 309 g/mol. The minimum Gasteiger partial charge on any atom is -0.391 e. The minimum atomic E-state index is -4.41.